The van der Waals surface area contributed by atoms with Gasteiger partial charge >= 0.3 is 0 Å². The van der Waals surface area contributed by atoms with E-state index < -0.39 is 12.0 Å². The molecule has 4 N–H and O–H groups in total. The fraction of sp³-hybridized carbons (Fsp3) is 0.400. The van der Waals surface area contributed by atoms with Gasteiger partial charge in [-0.05, 0) is 12.3 Å². The molecule has 0 aliphatic rings. The fourth-order valence-corrected chi connectivity index (χ4v) is 0.978. The second-order valence-corrected chi connectivity index (χ2v) is 3.06. The van der Waals surface area contributed by atoms with Crippen LogP contribution in [0.4, 0.5) is 0 Å². The fourth-order valence-electron chi connectivity index (χ4n) is 0.978. The lowest BCUT2D eigenvalue weighted by molar-refractivity contribution is 0.0996. The Morgan fingerprint density at radius 2 is 2.53 bits per heavy atom. The van der Waals surface area contributed by atoms with Crippen molar-refractivity contribution in [1.82, 2.24) is 9.97 Å². The molecule has 0 saturated carbocycles. The largest absolute Gasteiger partial charge is 0.392 e. The van der Waals surface area contributed by atoms with E-state index in [9.17, 15) is 9.90 Å². The number of hydrogen-bond acceptors (Lipinski definition) is 3. The number of nitrogens with one attached hydrogen (secondary N) is 1. The van der Waals surface area contributed by atoms with E-state index in [-0.39, 0.29) is 5.69 Å². The molecule has 0 aliphatic carbocycles. The minimum Gasteiger partial charge on any atom is -0.392 e. The van der Waals surface area contributed by atoms with Crippen molar-refractivity contribution in [3.05, 3.63) is 17.7 Å². The maximum Gasteiger partial charge on any atom is 0.270 e. The Morgan fingerprint density at radius 3 is 3.13 bits per heavy atom. The zero-order valence-electron chi connectivity index (χ0n) is 8.45. The van der Waals surface area contributed by atoms with Crippen LogP contribution in [0, 0.1) is 11.8 Å². The van der Waals surface area contributed by atoms with E-state index in [4.69, 9.17) is 5.73 Å². The molecule has 15 heavy (non-hydrogen) atoms. The Labute approximate surface area is 87.7 Å². The lowest BCUT2D eigenvalue weighted by atomic mass is 10.2. The number of H-pyrrole nitrogens is 1. The molecule has 1 atom stereocenters. The van der Waals surface area contributed by atoms with Gasteiger partial charge in [0.1, 0.15) is 5.69 Å². The summed E-state index contributed by atoms with van der Waals surface area (Å²) in [6.07, 6.45) is 1.95. The number of carbonyl (C=O) groups excluding carboxylic acids is 1. The summed E-state index contributed by atoms with van der Waals surface area (Å²) >= 11 is 0. The van der Waals surface area contributed by atoms with E-state index in [2.05, 4.69) is 21.8 Å². The van der Waals surface area contributed by atoms with Crippen molar-refractivity contribution >= 4 is 5.91 Å². The highest BCUT2D eigenvalue weighted by molar-refractivity contribution is 5.92. The standard InChI is InChI=1S/C10H13N3O2/c1-2-7(14)4-3-5-8-9(10(11)15)13-6-12-8/h6-7,14H,2,4H2,1H3,(H2,11,15)(H,12,13). The first-order valence-electron chi connectivity index (χ1n) is 4.65. The predicted molar refractivity (Wildman–Crippen MR) is 54.9 cm³/mol. The molecule has 1 amide bonds. The third kappa shape index (κ3) is 3.11. The second kappa shape index (κ2) is 5.17. The molecule has 1 heterocycles. The summed E-state index contributed by atoms with van der Waals surface area (Å²) in [5, 5.41) is 9.25. The number of hydrogen-bond donors (Lipinski definition) is 3. The molecule has 1 unspecified atom stereocenters. The van der Waals surface area contributed by atoms with Gasteiger partial charge in [-0.3, -0.25) is 4.79 Å². The van der Waals surface area contributed by atoms with Crippen molar-refractivity contribution in [2.45, 2.75) is 25.9 Å². The average molecular weight is 207 g/mol. The zero-order chi connectivity index (χ0) is 11.3. The summed E-state index contributed by atoms with van der Waals surface area (Å²) in [4.78, 5) is 17.3. The van der Waals surface area contributed by atoms with Gasteiger partial charge in [-0.2, -0.15) is 0 Å². The smallest absolute Gasteiger partial charge is 0.270 e. The molecule has 5 heteroatoms. The molecule has 0 radical (unpaired) electrons. The summed E-state index contributed by atoms with van der Waals surface area (Å²) < 4.78 is 0. The van der Waals surface area contributed by atoms with Crippen LogP contribution in [-0.4, -0.2) is 27.1 Å². The summed E-state index contributed by atoms with van der Waals surface area (Å²) in [7, 11) is 0. The summed E-state index contributed by atoms with van der Waals surface area (Å²) in [6, 6.07) is 0. The number of primary amides is 1. The molecule has 1 aromatic rings. The molecule has 80 valence electrons. The van der Waals surface area contributed by atoms with Gasteiger partial charge < -0.3 is 15.8 Å². The number of imidazole rings is 1. The van der Waals surface area contributed by atoms with Crippen LogP contribution >= 0.6 is 0 Å². The van der Waals surface area contributed by atoms with Gasteiger partial charge in [0.2, 0.25) is 0 Å². The van der Waals surface area contributed by atoms with Crippen molar-refractivity contribution in [2.75, 3.05) is 0 Å². The maximum absolute atomic E-state index is 10.9. The highest BCUT2D eigenvalue weighted by Crippen LogP contribution is 2.00. The second-order valence-electron chi connectivity index (χ2n) is 3.06. The molecule has 0 saturated heterocycles. The van der Waals surface area contributed by atoms with Gasteiger partial charge in [-0.1, -0.05) is 12.8 Å². The van der Waals surface area contributed by atoms with Gasteiger partial charge in [-0.15, -0.1) is 0 Å². The van der Waals surface area contributed by atoms with E-state index in [0.717, 1.165) is 0 Å². The van der Waals surface area contributed by atoms with E-state index in [1.54, 1.807) is 0 Å². The molecular formula is C10H13N3O2. The summed E-state index contributed by atoms with van der Waals surface area (Å²) in [6.45, 7) is 1.87. The van der Waals surface area contributed by atoms with Crippen molar-refractivity contribution in [3.63, 3.8) is 0 Å². The Morgan fingerprint density at radius 1 is 1.80 bits per heavy atom. The summed E-state index contributed by atoms with van der Waals surface area (Å²) in [5.41, 5.74) is 5.61. The predicted octanol–water partition coefficient (Wildman–Crippen LogP) is 0.0211. The normalized spacial score (nSPS) is 11.6. The SMILES string of the molecule is CCC(O)CC#Cc1[nH]cnc1C(N)=O. The average Bonchev–Trinajstić information content (AvgIpc) is 2.65. The van der Waals surface area contributed by atoms with E-state index in [0.29, 0.717) is 18.5 Å². The van der Waals surface area contributed by atoms with Crippen LogP contribution in [0.5, 0.6) is 0 Å². The number of carbonyl (C=O) groups is 1. The first-order chi connectivity index (χ1) is 7.15. The van der Waals surface area contributed by atoms with Gasteiger partial charge in [0.25, 0.3) is 5.91 Å². The monoisotopic (exact) mass is 207 g/mol. The van der Waals surface area contributed by atoms with Crippen molar-refractivity contribution < 1.29 is 9.90 Å². The summed E-state index contributed by atoms with van der Waals surface area (Å²) in [5.74, 6) is 4.85. The molecule has 0 bridgehead atoms. The number of amides is 1. The molecule has 0 aromatic carbocycles. The number of aliphatic hydroxyl groups is 1. The molecule has 1 rings (SSSR count). The third-order valence-electron chi connectivity index (χ3n) is 1.90. The number of nitrogens with zero attached hydrogens (tertiary/aromatic N) is 1. The van der Waals surface area contributed by atoms with Crippen molar-refractivity contribution in [2.24, 2.45) is 5.73 Å². The Bertz CT molecular complexity index is 400. The van der Waals surface area contributed by atoms with E-state index in [1.807, 2.05) is 6.92 Å². The first kappa shape index (κ1) is 11.3. The quantitative estimate of drug-likeness (QED) is 0.610. The van der Waals surface area contributed by atoms with Gasteiger partial charge in [0, 0.05) is 6.42 Å². The maximum atomic E-state index is 10.9. The number of nitrogens with two attached hydrogens (primary N) is 1. The van der Waals surface area contributed by atoms with Crippen molar-refractivity contribution in [1.29, 1.82) is 0 Å². The van der Waals surface area contributed by atoms with E-state index >= 15 is 0 Å². The van der Waals surface area contributed by atoms with Crippen LogP contribution in [0.1, 0.15) is 35.9 Å². The number of aromatic amines is 1. The van der Waals surface area contributed by atoms with Gasteiger partial charge in [-0.25, -0.2) is 4.98 Å². The first-order valence-corrected chi connectivity index (χ1v) is 4.65. The lowest BCUT2D eigenvalue weighted by Crippen LogP contribution is -2.13. The topological polar surface area (TPSA) is 92.0 Å². The van der Waals surface area contributed by atoms with Gasteiger partial charge in [0.05, 0.1) is 12.4 Å². The van der Waals surface area contributed by atoms with Crippen LogP contribution in [0.2, 0.25) is 0 Å². The van der Waals surface area contributed by atoms with Crippen LogP contribution in [0.15, 0.2) is 6.33 Å². The lowest BCUT2D eigenvalue weighted by Gasteiger charge is -1.98. The van der Waals surface area contributed by atoms with Gasteiger partial charge in [0.15, 0.2) is 5.69 Å². The third-order valence-corrected chi connectivity index (χ3v) is 1.90. The highest BCUT2D eigenvalue weighted by atomic mass is 16.3. The molecule has 1 aromatic heterocycles. The van der Waals surface area contributed by atoms with Crippen LogP contribution in [0.3, 0.4) is 0 Å². The zero-order valence-corrected chi connectivity index (χ0v) is 8.45. The number of rotatable bonds is 3. The van der Waals surface area contributed by atoms with Crippen molar-refractivity contribution in [3.8, 4) is 11.8 Å². The molecule has 0 fully saturated rings. The molecule has 0 spiro atoms. The highest BCUT2D eigenvalue weighted by Gasteiger charge is 2.08. The van der Waals surface area contributed by atoms with Crippen LogP contribution in [0.25, 0.3) is 0 Å². The number of aliphatic hydroxyl groups excluding tert-OH is 1. The minimum absolute atomic E-state index is 0.133. The Balaban J connectivity index is 2.71. The Kier molecular flexibility index (Phi) is 3.89. The minimum atomic E-state index is -0.614. The van der Waals surface area contributed by atoms with Crippen LogP contribution in [-0.2, 0) is 0 Å². The molecule has 0 aliphatic heterocycles. The van der Waals surface area contributed by atoms with Crippen LogP contribution < -0.4 is 5.73 Å². The van der Waals surface area contributed by atoms with E-state index in [1.165, 1.54) is 6.33 Å². The molecular weight excluding hydrogens is 194 g/mol. The number of aromatic nitrogens is 2. The Hall–Kier alpha value is -1.80. The molecule has 5 nitrogen and oxygen atoms in total.